The predicted molar refractivity (Wildman–Crippen MR) is 107 cm³/mol. The highest BCUT2D eigenvalue weighted by atomic mass is 32.2. The van der Waals surface area contributed by atoms with Gasteiger partial charge in [-0.05, 0) is 24.3 Å². The van der Waals surface area contributed by atoms with Crippen LogP contribution < -0.4 is 10.9 Å². The summed E-state index contributed by atoms with van der Waals surface area (Å²) in [5.41, 5.74) is 0.768. The summed E-state index contributed by atoms with van der Waals surface area (Å²) in [5, 5.41) is 8.05. The first-order valence-electron chi connectivity index (χ1n) is 8.09. The van der Waals surface area contributed by atoms with Crippen molar-refractivity contribution in [3.63, 3.8) is 0 Å². The third kappa shape index (κ3) is 4.13. The van der Waals surface area contributed by atoms with E-state index in [0.717, 1.165) is 23.3 Å². The van der Waals surface area contributed by atoms with Gasteiger partial charge in [-0.1, -0.05) is 31.7 Å². The van der Waals surface area contributed by atoms with Crippen LogP contribution in [0.25, 0.3) is 20.7 Å². The Labute approximate surface area is 157 Å². The minimum Gasteiger partial charge on any atom is -0.353 e. The van der Waals surface area contributed by atoms with Gasteiger partial charge in [0, 0.05) is 21.9 Å². The summed E-state index contributed by atoms with van der Waals surface area (Å²) in [5.74, 6) is 0.209. The number of rotatable bonds is 7. The minimum absolute atomic E-state index is 0.0353. The minimum atomic E-state index is -0.155. The second kappa shape index (κ2) is 8.16. The summed E-state index contributed by atoms with van der Waals surface area (Å²) >= 11 is 4.31. The van der Waals surface area contributed by atoms with Crippen LogP contribution in [0.2, 0.25) is 0 Å². The third-order valence-corrected chi connectivity index (χ3v) is 6.55. The monoisotopic (exact) mass is 393 g/mol. The van der Waals surface area contributed by atoms with E-state index in [4.69, 9.17) is 0 Å². The van der Waals surface area contributed by atoms with Crippen LogP contribution in [0.3, 0.4) is 0 Å². The number of hydrogen-bond donors (Lipinski definition) is 2. The molecule has 3 rings (SSSR count). The zero-order chi connectivity index (χ0) is 17.8. The van der Waals surface area contributed by atoms with Gasteiger partial charge in [-0.2, -0.15) is 0 Å². The molecule has 1 amide bonds. The molecule has 0 fully saturated rings. The van der Waals surface area contributed by atoms with Crippen molar-refractivity contribution in [3.8, 4) is 10.4 Å². The van der Waals surface area contributed by atoms with Crippen LogP contribution >= 0.6 is 34.4 Å². The molecule has 3 aromatic rings. The molecule has 0 radical (unpaired) electrons. The smallest absolute Gasteiger partial charge is 0.260 e. The molecule has 0 saturated carbocycles. The van der Waals surface area contributed by atoms with E-state index in [1.54, 1.807) is 11.3 Å². The summed E-state index contributed by atoms with van der Waals surface area (Å²) in [7, 11) is 0. The lowest BCUT2D eigenvalue weighted by Gasteiger charge is -2.14. The fourth-order valence-corrected chi connectivity index (χ4v) is 5.00. The van der Waals surface area contributed by atoms with Gasteiger partial charge < -0.3 is 10.3 Å². The summed E-state index contributed by atoms with van der Waals surface area (Å²) in [6, 6.07) is 4.16. The first-order chi connectivity index (χ1) is 12.1. The fraction of sp³-hybridized carbons (Fsp3) is 0.353. The fourth-order valence-electron chi connectivity index (χ4n) is 2.51. The van der Waals surface area contributed by atoms with Crippen molar-refractivity contribution in [2.45, 2.75) is 37.9 Å². The molecular weight excluding hydrogens is 374 g/mol. The number of H-pyrrole nitrogens is 1. The molecule has 0 bridgehead atoms. The van der Waals surface area contributed by atoms with Crippen LogP contribution in [0.5, 0.6) is 0 Å². The van der Waals surface area contributed by atoms with Gasteiger partial charge in [0.2, 0.25) is 5.91 Å². The molecule has 0 aliphatic heterocycles. The molecule has 8 heteroatoms. The van der Waals surface area contributed by atoms with Crippen LogP contribution in [0.4, 0.5) is 0 Å². The van der Waals surface area contributed by atoms with Crippen LogP contribution in [-0.4, -0.2) is 27.7 Å². The van der Waals surface area contributed by atoms with Crippen molar-refractivity contribution in [1.29, 1.82) is 0 Å². The maximum Gasteiger partial charge on any atom is 0.260 e. The number of amides is 1. The molecular formula is C17H19N3O2S3. The Hall–Kier alpha value is -1.64. The number of nitrogens with one attached hydrogen (secondary N) is 2. The summed E-state index contributed by atoms with van der Waals surface area (Å²) < 4.78 is 0. The van der Waals surface area contributed by atoms with Crippen LogP contribution in [0.1, 0.15) is 26.7 Å². The van der Waals surface area contributed by atoms with Crippen LogP contribution in [0.15, 0.2) is 32.8 Å². The van der Waals surface area contributed by atoms with Crippen molar-refractivity contribution in [2.24, 2.45) is 0 Å². The SMILES string of the molecule is CCC(CC)NC(=O)CSc1nc2scc(-c3cccs3)c2c(=O)[nH]1. The molecule has 0 saturated heterocycles. The lowest BCUT2D eigenvalue weighted by Crippen LogP contribution is -2.35. The number of aromatic amines is 1. The molecule has 5 nitrogen and oxygen atoms in total. The zero-order valence-electron chi connectivity index (χ0n) is 14.0. The molecule has 0 aliphatic rings. The van der Waals surface area contributed by atoms with Gasteiger partial charge in [0.05, 0.1) is 11.1 Å². The zero-order valence-corrected chi connectivity index (χ0v) is 16.4. The van der Waals surface area contributed by atoms with Crippen LogP contribution in [0, 0.1) is 0 Å². The highest BCUT2D eigenvalue weighted by Crippen LogP contribution is 2.33. The topological polar surface area (TPSA) is 74.8 Å². The van der Waals surface area contributed by atoms with Gasteiger partial charge in [0.15, 0.2) is 5.16 Å². The van der Waals surface area contributed by atoms with Crippen molar-refractivity contribution >= 4 is 50.6 Å². The van der Waals surface area contributed by atoms with E-state index in [9.17, 15) is 9.59 Å². The van der Waals surface area contributed by atoms with Gasteiger partial charge >= 0.3 is 0 Å². The second-order valence-corrected chi connectivity index (χ2v) is 8.32. The van der Waals surface area contributed by atoms with E-state index in [0.29, 0.717) is 15.4 Å². The molecule has 0 spiro atoms. The average molecular weight is 394 g/mol. The van der Waals surface area contributed by atoms with E-state index < -0.39 is 0 Å². The lowest BCUT2D eigenvalue weighted by molar-refractivity contribution is -0.119. The molecule has 0 unspecified atom stereocenters. The van der Waals surface area contributed by atoms with Crippen molar-refractivity contribution in [1.82, 2.24) is 15.3 Å². The van der Waals surface area contributed by atoms with E-state index in [1.165, 1.54) is 23.1 Å². The average Bonchev–Trinajstić information content (AvgIpc) is 3.27. The Morgan fingerprint density at radius 2 is 2.16 bits per heavy atom. The summed E-state index contributed by atoms with van der Waals surface area (Å²) in [6.07, 6.45) is 1.82. The summed E-state index contributed by atoms with van der Waals surface area (Å²) in [4.78, 5) is 33.6. The van der Waals surface area contributed by atoms with Crippen molar-refractivity contribution in [3.05, 3.63) is 33.2 Å². The molecule has 25 heavy (non-hydrogen) atoms. The molecule has 3 heterocycles. The molecule has 2 N–H and O–H groups in total. The Bertz CT molecular complexity index is 911. The highest BCUT2D eigenvalue weighted by Gasteiger charge is 2.15. The molecule has 0 atom stereocenters. The largest absolute Gasteiger partial charge is 0.353 e. The van der Waals surface area contributed by atoms with Crippen molar-refractivity contribution < 1.29 is 4.79 Å². The number of carbonyl (C=O) groups is 1. The van der Waals surface area contributed by atoms with Crippen molar-refractivity contribution in [2.75, 3.05) is 5.75 Å². The maximum absolute atomic E-state index is 12.5. The number of nitrogens with zero attached hydrogens (tertiary/aromatic N) is 1. The quantitative estimate of drug-likeness (QED) is 0.468. The maximum atomic E-state index is 12.5. The molecule has 132 valence electrons. The number of thioether (sulfide) groups is 1. The van der Waals surface area contributed by atoms with Gasteiger partial charge in [-0.3, -0.25) is 9.59 Å². The van der Waals surface area contributed by atoms with E-state index >= 15 is 0 Å². The normalized spacial score (nSPS) is 11.3. The van der Waals surface area contributed by atoms with E-state index in [1.807, 2.05) is 22.9 Å². The first kappa shape index (κ1) is 18.2. The van der Waals surface area contributed by atoms with Gasteiger partial charge in [0.25, 0.3) is 5.56 Å². The molecule has 3 aromatic heterocycles. The number of hydrogen-bond acceptors (Lipinski definition) is 6. The highest BCUT2D eigenvalue weighted by molar-refractivity contribution is 7.99. The lowest BCUT2D eigenvalue weighted by atomic mass is 10.2. The molecule has 0 aliphatic carbocycles. The second-order valence-electron chi connectivity index (χ2n) is 5.55. The number of thiophene rings is 2. The van der Waals surface area contributed by atoms with E-state index in [2.05, 4.69) is 29.1 Å². The number of aromatic nitrogens is 2. The van der Waals surface area contributed by atoms with Gasteiger partial charge in [-0.15, -0.1) is 22.7 Å². The molecule has 0 aromatic carbocycles. The third-order valence-electron chi connectivity index (χ3n) is 3.90. The summed E-state index contributed by atoms with van der Waals surface area (Å²) in [6.45, 7) is 4.10. The Kier molecular flexibility index (Phi) is 5.93. The Morgan fingerprint density at radius 1 is 1.36 bits per heavy atom. The van der Waals surface area contributed by atoms with E-state index in [-0.39, 0.29) is 23.3 Å². The Morgan fingerprint density at radius 3 is 2.84 bits per heavy atom. The first-order valence-corrected chi connectivity index (χ1v) is 10.8. The van der Waals surface area contributed by atoms with Gasteiger partial charge in [0.1, 0.15) is 4.83 Å². The Balaban J connectivity index is 1.76. The van der Waals surface area contributed by atoms with Gasteiger partial charge in [-0.25, -0.2) is 4.98 Å². The predicted octanol–water partition coefficient (Wildman–Crippen LogP) is 4.11. The van der Waals surface area contributed by atoms with Crippen LogP contribution in [-0.2, 0) is 4.79 Å². The standard InChI is InChI=1S/C17H19N3O2S3/c1-3-10(4-2)18-13(21)9-25-17-19-15(22)14-11(8-24-16(14)20-17)12-6-5-7-23-12/h5-8,10H,3-4,9H2,1-2H3,(H,18,21)(H,19,20,22). The number of fused-ring (bicyclic) bond motifs is 1. The number of carbonyl (C=O) groups excluding carboxylic acids is 1.